The van der Waals surface area contributed by atoms with Crippen molar-refractivity contribution in [1.82, 2.24) is 0 Å². The molecule has 0 fully saturated rings. The summed E-state index contributed by atoms with van der Waals surface area (Å²) in [6, 6.07) is 32.7. The molecule has 3 heteroatoms. The highest BCUT2D eigenvalue weighted by atomic mass is 35.5. The van der Waals surface area contributed by atoms with Gasteiger partial charge in [-0.25, -0.2) is 0 Å². The first-order valence-corrected chi connectivity index (χ1v) is 14.1. The summed E-state index contributed by atoms with van der Waals surface area (Å²) in [5, 5.41) is 4.27. The number of halogens is 1. The van der Waals surface area contributed by atoms with Gasteiger partial charge in [-0.3, -0.25) is 0 Å². The summed E-state index contributed by atoms with van der Waals surface area (Å²) in [5.41, 5.74) is 8.52. The summed E-state index contributed by atoms with van der Waals surface area (Å²) in [6.07, 6.45) is 0. The lowest BCUT2D eigenvalue weighted by atomic mass is 9.84. The highest BCUT2D eigenvalue weighted by Crippen LogP contribution is 2.47. The Bertz CT molecular complexity index is 1550. The monoisotopic (exact) mass is 523 g/mol. The minimum Gasteiger partial charge on any atom is -0.308 e. The first kappa shape index (κ1) is 25.6. The standard InChI is InChI=1S/C34H34ClNS/c1-33(2,3)24-15-17-30(28(19-24)23-11-8-7-9-12-23)36(27-14-10-13-26(35)21-27)31-22-37-32-18-16-25(20-29(31)32)34(4,5)6/h7-22H,1-6H3. The number of fused-ring (bicyclic) bond motifs is 1. The first-order chi connectivity index (χ1) is 17.5. The average Bonchev–Trinajstić information content (AvgIpc) is 3.27. The van der Waals surface area contributed by atoms with Gasteiger partial charge in [0.2, 0.25) is 0 Å². The summed E-state index contributed by atoms with van der Waals surface area (Å²) in [7, 11) is 0. The molecule has 1 heterocycles. The van der Waals surface area contributed by atoms with Gasteiger partial charge in [0.15, 0.2) is 0 Å². The van der Waals surface area contributed by atoms with Gasteiger partial charge in [-0.05, 0) is 70.0 Å². The number of rotatable bonds is 4. The Balaban J connectivity index is 1.82. The second kappa shape index (κ2) is 9.67. The SMILES string of the molecule is CC(C)(C)c1ccc(N(c2cccc(Cl)c2)c2csc3ccc(C(C)(C)C)cc23)c(-c2ccccc2)c1. The number of hydrogen-bond donors (Lipinski definition) is 0. The predicted octanol–water partition coefficient (Wildman–Crippen LogP) is 11.3. The van der Waals surface area contributed by atoms with E-state index in [1.807, 2.05) is 12.1 Å². The summed E-state index contributed by atoms with van der Waals surface area (Å²) in [6.45, 7) is 13.6. The van der Waals surface area contributed by atoms with E-state index in [1.54, 1.807) is 11.3 Å². The second-order valence-electron chi connectivity index (χ2n) is 11.7. The molecule has 1 nitrogen and oxygen atoms in total. The smallest absolute Gasteiger partial charge is 0.0647 e. The second-order valence-corrected chi connectivity index (χ2v) is 13.1. The van der Waals surface area contributed by atoms with Crippen LogP contribution in [0.1, 0.15) is 52.7 Å². The lowest BCUT2D eigenvalue weighted by molar-refractivity contribution is 0.590. The number of hydrogen-bond acceptors (Lipinski definition) is 2. The van der Waals surface area contributed by atoms with E-state index in [1.165, 1.54) is 38.0 Å². The van der Waals surface area contributed by atoms with Gasteiger partial charge in [-0.1, -0.05) is 102 Å². The third kappa shape index (κ3) is 5.19. The molecule has 5 rings (SSSR count). The van der Waals surface area contributed by atoms with Gasteiger partial charge in [-0.2, -0.15) is 0 Å². The lowest BCUT2D eigenvalue weighted by Crippen LogP contribution is -2.15. The van der Waals surface area contributed by atoms with Crippen molar-refractivity contribution in [3.63, 3.8) is 0 Å². The van der Waals surface area contributed by atoms with Crippen molar-refractivity contribution < 1.29 is 0 Å². The fraction of sp³-hybridized carbons (Fsp3) is 0.235. The predicted molar refractivity (Wildman–Crippen MR) is 164 cm³/mol. The molecule has 5 aromatic rings. The Morgan fingerprint density at radius 1 is 0.649 bits per heavy atom. The molecule has 0 radical (unpaired) electrons. The summed E-state index contributed by atoms with van der Waals surface area (Å²) >= 11 is 8.35. The van der Waals surface area contributed by atoms with Crippen LogP contribution in [0, 0.1) is 0 Å². The van der Waals surface area contributed by atoms with Crippen LogP contribution in [0.15, 0.2) is 96.4 Å². The molecule has 4 aromatic carbocycles. The van der Waals surface area contributed by atoms with Crippen LogP contribution in [0.5, 0.6) is 0 Å². The minimum atomic E-state index is 0.0413. The summed E-state index contributed by atoms with van der Waals surface area (Å²) in [5.74, 6) is 0. The van der Waals surface area contributed by atoms with Crippen LogP contribution in [0.2, 0.25) is 5.02 Å². The quantitative estimate of drug-likeness (QED) is 0.226. The van der Waals surface area contributed by atoms with E-state index >= 15 is 0 Å². The van der Waals surface area contributed by atoms with Crippen LogP contribution < -0.4 is 4.90 Å². The molecule has 0 amide bonds. The van der Waals surface area contributed by atoms with Crippen molar-refractivity contribution in [3.05, 3.63) is 113 Å². The zero-order chi connectivity index (χ0) is 26.4. The maximum absolute atomic E-state index is 6.56. The first-order valence-electron chi connectivity index (χ1n) is 12.8. The zero-order valence-electron chi connectivity index (χ0n) is 22.5. The number of benzene rings is 4. The topological polar surface area (TPSA) is 3.24 Å². The van der Waals surface area contributed by atoms with Crippen molar-refractivity contribution in [2.24, 2.45) is 0 Å². The van der Waals surface area contributed by atoms with Gasteiger partial charge < -0.3 is 4.90 Å². The molecule has 0 bridgehead atoms. The zero-order valence-corrected chi connectivity index (χ0v) is 24.0. The number of anilines is 3. The molecule has 0 N–H and O–H groups in total. The largest absolute Gasteiger partial charge is 0.308 e. The van der Waals surface area contributed by atoms with E-state index < -0.39 is 0 Å². The van der Waals surface area contributed by atoms with Crippen molar-refractivity contribution >= 4 is 50.1 Å². The van der Waals surface area contributed by atoms with Crippen molar-refractivity contribution in [2.45, 2.75) is 52.4 Å². The fourth-order valence-electron chi connectivity index (χ4n) is 4.72. The van der Waals surface area contributed by atoms with Crippen molar-refractivity contribution in [2.75, 3.05) is 4.90 Å². The van der Waals surface area contributed by atoms with Crippen LogP contribution in [0.3, 0.4) is 0 Å². The molecule has 0 aliphatic rings. The summed E-state index contributed by atoms with van der Waals surface area (Å²) < 4.78 is 1.28. The molecule has 1 aromatic heterocycles. The van der Waals surface area contributed by atoms with Gasteiger partial charge >= 0.3 is 0 Å². The molecule has 0 saturated heterocycles. The molecule has 37 heavy (non-hydrogen) atoms. The van der Waals surface area contributed by atoms with Gasteiger partial charge in [0.1, 0.15) is 0 Å². The van der Waals surface area contributed by atoms with E-state index in [0.29, 0.717) is 0 Å². The highest BCUT2D eigenvalue weighted by molar-refractivity contribution is 7.17. The van der Waals surface area contributed by atoms with Crippen LogP contribution in [0.25, 0.3) is 21.2 Å². The lowest BCUT2D eigenvalue weighted by Gasteiger charge is -2.30. The molecule has 0 aliphatic heterocycles. The van der Waals surface area contributed by atoms with E-state index in [2.05, 4.69) is 131 Å². The normalized spacial score (nSPS) is 12.2. The maximum atomic E-state index is 6.56. The van der Waals surface area contributed by atoms with Crippen LogP contribution >= 0.6 is 22.9 Å². The Kier molecular flexibility index (Phi) is 6.68. The van der Waals surface area contributed by atoms with Crippen LogP contribution in [-0.4, -0.2) is 0 Å². The Morgan fingerprint density at radius 3 is 2.00 bits per heavy atom. The van der Waals surface area contributed by atoms with E-state index in [-0.39, 0.29) is 10.8 Å². The number of nitrogens with zero attached hydrogens (tertiary/aromatic N) is 1. The van der Waals surface area contributed by atoms with Crippen LogP contribution in [-0.2, 0) is 10.8 Å². The van der Waals surface area contributed by atoms with E-state index in [0.717, 1.165) is 16.4 Å². The van der Waals surface area contributed by atoms with Gasteiger partial charge in [0, 0.05) is 31.7 Å². The Labute approximate surface area is 230 Å². The minimum absolute atomic E-state index is 0.0413. The third-order valence-electron chi connectivity index (χ3n) is 6.91. The molecule has 188 valence electrons. The average molecular weight is 524 g/mol. The molecule has 0 unspecified atom stereocenters. The van der Waals surface area contributed by atoms with Crippen molar-refractivity contribution in [1.29, 1.82) is 0 Å². The third-order valence-corrected chi connectivity index (χ3v) is 8.10. The fourth-order valence-corrected chi connectivity index (χ4v) is 5.82. The molecule has 0 spiro atoms. The highest BCUT2D eigenvalue weighted by Gasteiger charge is 2.24. The molecular formula is C34H34ClNS. The maximum Gasteiger partial charge on any atom is 0.0647 e. The number of thiophene rings is 1. The molecular weight excluding hydrogens is 490 g/mol. The van der Waals surface area contributed by atoms with Crippen LogP contribution in [0.4, 0.5) is 17.1 Å². The van der Waals surface area contributed by atoms with E-state index in [9.17, 15) is 0 Å². The van der Waals surface area contributed by atoms with Crippen molar-refractivity contribution in [3.8, 4) is 11.1 Å². The van der Waals surface area contributed by atoms with Gasteiger partial charge in [-0.15, -0.1) is 11.3 Å². The Hall–Kier alpha value is -3.07. The Morgan fingerprint density at radius 2 is 1.32 bits per heavy atom. The van der Waals surface area contributed by atoms with Gasteiger partial charge in [0.05, 0.1) is 11.4 Å². The summed E-state index contributed by atoms with van der Waals surface area (Å²) in [4.78, 5) is 2.38. The molecule has 0 atom stereocenters. The molecule has 0 aliphatic carbocycles. The van der Waals surface area contributed by atoms with Gasteiger partial charge in [0.25, 0.3) is 0 Å². The molecule has 0 saturated carbocycles. The van der Waals surface area contributed by atoms with E-state index in [4.69, 9.17) is 11.6 Å².